The topological polar surface area (TPSA) is 60.4 Å². The lowest BCUT2D eigenvalue weighted by Crippen LogP contribution is -2.27. The smallest absolute Gasteiger partial charge is 0.320 e. The molecule has 2 fully saturated rings. The largest absolute Gasteiger partial charge is 0.337 e. The Bertz CT molecular complexity index is 1560. The molecule has 6 rings (SSSR count). The van der Waals surface area contributed by atoms with Crippen LogP contribution in [0.3, 0.4) is 0 Å². The molecule has 0 N–H and O–H groups in total. The fourth-order valence-corrected chi connectivity index (χ4v) is 6.25. The number of alkyl halides is 2. The Morgan fingerprint density at radius 3 is 2.51 bits per heavy atom. The van der Waals surface area contributed by atoms with Gasteiger partial charge >= 0.3 is 5.69 Å². The number of aryl methyl sites for hydroxylation is 1. The third-order valence-electron chi connectivity index (χ3n) is 8.77. The first-order valence-corrected chi connectivity index (χ1v) is 13.9. The molecular formula is C30H36F2N6O. The van der Waals surface area contributed by atoms with Gasteiger partial charge in [0.15, 0.2) is 0 Å². The lowest BCUT2D eigenvalue weighted by Gasteiger charge is -2.33. The van der Waals surface area contributed by atoms with Crippen LogP contribution in [0.15, 0.2) is 53.8 Å². The van der Waals surface area contributed by atoms with Crippen molar-refractivity contribution in [2.24, 2.45) is 13.0 Å². The normalized spacial score (nSPS) is 20.4. The number of likely N-dealkylation sites (tertiary alicyclic amines) is 1. The molecule has 1 aliphatic heterocycles. The lowest BCUT2D eigenvalue weighted by molar-refractivity contribution is 0.219. The summed E-state index contributed by atoms with van der Waals surface area (Å²) >= 11 is 0. The number of halogens is 2. The van der Waals surface area contributed by atoms with Crippen LogP contribution in [0.1, 0.15) is 80.9 Å². The average Bonchev–Trinajstić information content (AvgIpc) is 3.58. The van der Waals surface area contributed by atoms with Gasteiger partial charge in [-0.1, -0.05) is 18.6 Å². The first-order chi connectivity index (χ1) is 18.6. The molecule has 7 nitrogen and oxygen atoms in total. The summed E-state index contributed by atoms with van der Waals surface area (Å²) in [5.74, 6) is 1.49. The summed E-state index contributed by atoms with van der Waals surface area (Å²) < 4.78 is 34.6. The van der Waals surface area contributed by atoms with Crippen molar-refractivity contribution in [3.05, 3.63) is 82.1 Å². The van der Waals surface area contributed by atoms with Crippen LogP contribution in [0.25, 0.3) is 11.2 Å². The maximum Gasteiger partial charge on any atom is 0.337 e. The van der Waals surface area contributed by atoms with Crippen LogP contribution in [0.2, 0.25) is 0 Å². The van der Waals surface area contributed by atoms with Crippen molar-refractivity contribution in [2.75, 3.05) is 13.1 Å². The molecule has 3 aromatic heterocycles. The minimum Gasteiger partial charge on any atom is -0.320 e. The summed E-state index contributed by atoms with van der Waals surface area (Å²) in [4.78, 5) is 15.9. The van der Waals surface area contributed by atoms with Gasteiger partial charge < -0.3 is 4.57 Å². The highest BCUT2D eigenvalue weighted by Gasteiger charge is 2.33. The van der Waals surface area contributed by atoms with Crippen LogP contribution in [-0.2, 0) is 12.7 Å². The molecule has 0 spiro atoms. The first kappa shape index (κ1) is 25.9. The summed E-state index contributed by atoms with van der Waals surface area (Å²) in [5.41, 5.74) is 1.66. The molecule has 3 atom stereocenters. The molecule has 0 amide bonds. The third kappa shape index (κ3) is 4.60. The lowest BCUT2D eigenvalue weighted by atomic mass is 9.72. The number of pyridine rings is 1. The number of hydrogen-bond acceptors (Lipinski definition) is 4. The van der Waals surface area contributed by atoms with Crippen LogP contribution in [-0.4, -0.2) is 47.9 Å². The SMILES string of the molecule is C[C@@H](c1cc(C(C)(C)F)c2cn(-c3cccc([C@H](c4nncn4C)C4CCC4)c3)c(=O)n2c1)N1CC[C@H](F)C1. The molecule has 4 heterocycles. The molecule has 2 aliphatic rings. The van der Waals surface area contributed by atoms with E-state index in [0.29, 0.717) is 36.5 Å². The standard InChI is InChI=1S/C30H36F2N6O/c1-19(36-12-11-23(31)16-36)22-14-25(30(2,3)32)26-17-37(29(39)38(26)15-22)24-10-6-9-21(13-24)27(20-7-5-8-20)28-34-33-18-35(28)4/h6,9-10,13-15,17-20,23,27H,5,7-8,11-12,16H2,1-4H3/t19-,23-,27+/m0/s1. The molecule has 1 aromatic carbocycles. The number of rotatable bonds is 7. The first-order valence-electron chi connectivity index (χ1n) is 13.9. The maximum atomic E-state index is 15.6. The van der Waals surface area contributed by atoms with Crippen molar-refractivity contribution >= 4 is 5.52 Å². The van der Waals surface area contributed by atoms with E-state index in [0.717, 1.165) is 35.5 Å². The van der Waals surface area contributed by atoms with E-state index in [1.54, 1.807) is 27.7 Å². The zero-order chi connectivity index (χ0) is 27.5. The second kappa shape index (κ2) is 9.70. The number of fused-ring (bicyclic) bond motifs is 1. The highest BCUT2D eigenvalue weighted by molar-refractivity contribution is 5.59. The molecule has 206 valence electrons. The van der Waals surface area contributed by atoms with E-state index in [2.05, 4.69) is 21.2 Å². The Morgan fingerprint density at radius 2 is 1.90 bits per heavy atom. The van der Waals surface area contributed by atoms with Gasteiger partial charge in [0.2, 0.25) is 0 Å². The molecule has 9 heteroatoms. The minimum atomic E-state index is -1.67. The number of nitrogens with zero attached hydrogens (tertiary/aromatic N) is 6. The van der Waals surface area contributed by atoms with E-state index in [1.165, 1.54) is 20.3 Å². The van der Waals surface area contributed by atoms with Gasteiger partial charge in [-0.15, -0.1) is 10.2 Å². The van der Waals surface area contributed by atoms with E-state index in [4.69, 9.17) is 0 Å². The summed E-state index contributed by atoms with van der Waals surface area (Å²) in [6, 6.07) is 9.72. The van der Waals surface area contributed by atoms with E-state index in [1.807, 2.05) is 42.8 Å². The molecule has 0 bridgehead atoms. The Morgan fingerprint density at radius 1 is 1.10 bits per heavy atom. The molecule has 1 saturated carbocycles. The number of benzene rings is 1. The van der Waals surface area contributed by atoms with Crippen molar-refractivity contribution in [2.45, 2.75) is 70.3 Å². The van der Waals surface area contributed by atoms with Gasteiger partial charge in [-0.05, 0) is 75.3 Å². The Balaban J connectivity index is 1.45. The van der Waals surface area contributed by atoms with Crippen LogP contribution in [0.5, 0.6) is 0 Å². The second-order valence-corrected chi connectivity index (χ2v) is 11.8. The Hall–Kier alpha value is -3.33. The third-order valence-corrected chi connectivity index (χ3v) is 8.77. The van der Waals surface area contributed by atoms with E-state index >= 15 is 4.39 Å². The van der Waals surface area contributed by atoms with E-state index < -0.39 is 11.8 Å². The van der Waals surface area contributed by atoms with Crippen LogP contribution in [0, 0.1) is 5.92 Å². The predicted octanol–water partition coefficient (Wildman–Crippen LogP) is 5.46. The van der Waals surface area contributed by atoms with Gasteiger partial charge in [-0.2, -0.15) is 0 Å². The van der Waals surface area contributed by atoms with Gasteiger partial charge in [0.1, 0.15) is 24.0 Å². The molecule has 1 aliphatic carbocycles. The van der Waals surface area contributed by atoms with Gasteiger partial charge in [0.25, 0.3) is 0 Å². The quantitative estimate of drug-likeness (QED) is 0.316. The van der Waals surface area contributed by atoms with Gasteiger partial charge in [-0.25, -0.2) is 13.6 Å². The van der Waals surface area contributed by atoms with Crippen molar-refractivity contribution in [1.82, 2.24) is 28.6 Å². The Kier molecular flexibility index (Phi) is 6.44. The zero-order valence-corrected chi connectivity index (χ0v) is 23.0. The fourth-order valence-electron chi connectivity index (χ4n) is 6.25. The minimum absolute atomic E-state index is 0.0894. The molecule has 0 radical (unpaired) electrons. The highest BCUT2D eigenvalue weighted by Crippen LogP contribution is 2.43. The van der Waals surface area contributed by atoms with E-state index in [-0.39, 0.29) is 17.6 Å². The molecular weight excluding hydrogens is 498 g/mol. The Labute approximate surface area is 227 Å². The predicted molar refractivity (Wildman–Crippen MR) is 147 cm³/mol. The highest BCUT2D eigenvalue weighted by atomic mass is 19.1. The van der Waals surface area contributed by atoms with Crippen LogP contribution in [0.4, 0.5) is 8.78 Å². The van der Waals surface area contributed by atoms with Crippen molar-refractivity contribution in [3.63, 3.8) is 0 Å². The fraction of sp³-hybridized carbons (Fsp3) is 0.500. The summed E-state index contributed by atoms with van der Waals surface area (Å²) in [6.07, 6.45) is 8.37. The zero-order valence-electron chi connectivity index (χ0n) is 23.0. The second-order valence-electron chi connectivity index (χ2n) is 11.8. The van der Waals surface area contributed by atoms with Gasteiger partial charge in [0.05, 0.1) is 11.2 Å². The monoisotopic (exact) mass is 534 g/mol. The van der Waals surface area contributed by atoms with Crippen molar-refractivity contribution in [1.29, 1.82) is 0 Å². The van der Waals surface area contributed by atoms with Gasteiger partial charge in [-0.3, -0.25) is 13.9 Å². The summed E-state index contributed by atoms with van der Waals surface area (Å²) in [7, 11) is 1.96. The van der Waals surface area contributed by atoms with Crippen molar-refractivity contribution < 1.29 is 8.78 Å². The number of aromatic nitrogens is 5. The van der Waals surface area contributed by atoms with Crippen molar-refractivity contribution in [3.8, 4) is 5.69 Å². The number of hydrogen-bond donors (Lipinski definition) is 0. The van der Waals surface area contributed by atoms with Crippen LogP contribution < -0.4 is 5.69 Å². The molecule has 1 saturated heterocycles. The maximum absolute atomic E-state index is 15.6. The number of imidazole rings is 1. The van der Waals surface area contributed by atoms with Crippen LogP contribution >= 0.6 is 0 Å². The summed E-state index contributed by atoms with van der Waals surface area (Å²) in [6.45, 7) is 6.01. The summed E-state index contributed by atoms with van der Waals surface area (Å²) in [5, 5.41) is 8.54. The average molecular weight is 535 g/mol. The van der Waals surface area contributed by atoms with Gasteiger partial charge in [0, 0.05) is 50.1 Å². The van der Waals surface area contributed by atoms with E-state index in [9.17, 15) is 9.18 Å². The molecule has 0 unspecified atom stereocenters. The molecule has 39 heavy (non-hydrogen) atoms. The molecule has 4 aromatic rings.